The van der Waals surface area contributed by atoms with Crippen molar-refractivity contribution in [1.82, 2.24) is 39.9 Å². The Morgan fingerprint density at radius 1 is 0.389 bits per heavy atom. The second kappa shape index (κ2) is 36.1. The predicted octanol–water partition coefficient (Wildman–Crippen LogP) is -6.24. The molecule has 95 heavy (non-hydrogen) atoms. The van der Waals surface area contributed by atoms with Gasteiger partial charge in [-0.15, -0.1) is 0 Å². The summed E-state index contributed by atoms with van der Waals surface area (Å²) >= 11 is 0.691. The molecule has 481 valence electrons. The number of anilines is 3. The fraction of sp³-hybridized carbons (Fsp3) is 0.0741. The summed E-state index contributed by atoms with van der Waals surface area (Å²) in [7, 11) is -23.3. The molecule has 7 aromatic carbocycles. The normalized spacial score (nSPS) is 11.4. The Balaban J connectivity index is 0.000000471. The Kier molecular flexibility index (Phi) is 32.3. The Morgan fingerprint density at radius 2 is 0.653 bits per heavy atom. The first-order chi connectivity index (χ1) is 42.2. The van der Waals surface area contributed by atoms with E-state index < -0.39 is 70.2 Å². The number of fused-ring (bicyclic) bond motifs is 20. The van der Waals surface area contributed by atoms with Crippen molar-refractivity contribution in [3.8, 4) is 45.6 Å². The molecule has 2 aliphatic rings. The van der Waals surface area contributed by atoms with Crippen molar-refractivity contribution in [2.45, 2.75) is 14.7 Å². The third-order valence-corrected chi connectivity index (χ3v) is 15.5. The van der Waals surface area contributed by atoms with Gasteiger partial charge in [0.1, 0.15) is 20.2 Å². The first kappa shape index (κ1) is 84.9. The summed E-state index contributed by atoms with van der Waals surface area (Å²) in [6.07, 6.45) is 3.49. The van der Waals surface area contributed by atoms with Gasteiger partial charge in [0.25, 0.3) is 0 Å². The molecule has 0 spiro atoms. The largest absolute Gasteiger partial charge is 2.00 e. The average Bonchev–Trinajstić information content (AvgIpc) is 1.61. The van der Waals surface area contributed by atoms with Crippen molar-refractivity contribution in [1.29, 1.82) is 0 Å². The van der Waals surface area contributed by atoms with Crippen molar-refractivity contribution in [3.05, 3.63) is 170 Å². The zero-order valence-electron chi connectivity index (χ0n) is 50.8. The summed E-state index contributed by atoms with van der Waals surface area (Å²) in [5.74, 6) is 2.21. The summed E-state index contributed by atoms with van der Waals surface area (Å²) in [6.45, 7) is 0. The molecule has 0 aliphatic carbocycles. The molecule has 0 saturated carbocycles. The van der Waals surface area contributed by atoms with Crippen LogP contribution in [0.25, 0.3) is 89.7 Å². The van der Waals surface area contributed by atoms with E-state index in [1.807, 2.05) is 97.1 Å². The number of aromatic nitrogens is 8. The van der Waals surface area contributed by atoms with E-state index in [1.54, 1.807) is 18.2 Å². The van der Waals surface area contributed by atoms with Gasteiger partial charge in [0, 0.05) is 74.5 Å². The van der Waals surface area contributed by atoms with Crippen LogP contribution in [-0.2, 0) is 86.9 Å². The number of hydrogen-bond acceptors (Lipinski definition) is 25. The van der Waals surface area contributed by atoms with Crippen molar-refractivity contribution >= 4 is 134 Å². The average molecular weight is 1520 g/mol. The van der Waals surface area contributed by atoms with Gasteiger partial charge in [0.05, 0.1) is 74.0 Å². The molecular weight excluding hydrogens is 1470 g/mol. The van der Waals surface area contributed by atoms with Crippen LogP contribution in [0.3, 0.4) is 0 Å². The standard InChI is InChI=1S/C32H16N8.3C7H9NO5S2.CH4O3S.Cu.4Na.H2/c1-2-10-18-17(9-1)25-33-26(18)38-28-21-13-5-6-14-22(21)30(35-28)40-32-24-16-8-7-15-23(24)31(36-32)39-29-20-12-4-3-11-19(20)27(34-29)37-25;2*1-14(9,10)8-6-3-2-4-7(5-6)15(11,12)13;1-15(10,11)8-6-3-2-4-7(5-6)14-13-12-9;1-5(2,3)4;;;;;;/h1-16H;2*2-5,8H,1H3,(H,11,12,13);2-5,8-9H,1H3;1H3,(H,2,3,4);;;;;;1H/q-2;;;;;+2;4*+1;/p-4. The van der Waals surface area contributed by atoms with Gasteiger partial charge >= 0.3 is 135 Å². The number of benzene rings is 7. The van der Waals surface area contributed by atoms with Gasteiger partial charge in [0.2, 0.25) is 30.1 Å². The van der Waals surface area contributed by atoms with Crippen LogP contribution < -0.4 is 148 Å². The summed E-state index contributed by atoms with van der Waals surface area (Å²) in [5.41, 5.74) is 6.24. The first-order valence-electron chi connectivity index (χ1n) is 25.0. The van der Waals surface area contributed by atoms with Gasteiger partial charge in [-0.1, -0.05) is 115 Å². The second-order valence-corrected chi connectivity index (χ2v) is 28.9. The predicted molar refractivity (Wildman–Crippen MR) is 330 cm³/mol. The zero-order valence-corrected chi connectivity index (χ0v) is 65.4. The second-order valence-electron chi connectivity index (χ2n) is 18.7. The maximum Gasteiger partial charge on any atom is 2.00 e. The topological polar surface area (TPSA) is 457 Å². The van der Waals surface area contributed by atoms with Crippen molar-refractivity contribution in [3.63, 3.8) is 0 Å². The van der Waals surface area contributed by atoms with E-state index in [1.165, 1.54) is 30.3 Å². The van der Waals surface area contributed by atoms with E-state index in [2.05, 4.69) is 23.5 Å². The monoisotopic (exact) mass is 1510 g/mol. The van der Waals surface area contributed by atoms with Crippen LogP contribution in [0, 0.1) is 0 Å². The molecule has 0 fully saturated rings. The Hall–Kier alpha value is -4.37. The minimum Gasteiger partial charge on any atom is -0.748 e. The van der Waals surface area contributed by atoms with Crippen molar-refractivity contribution < 1.29 is 216 Å². The third-order valence-electron chi connectivity index (χ3n) is 11.5. The molecule has 0 saturated heterocycles. The minimum absolute atomic E-state index is 0. The Labute approximate surface area is 649 Å². The zero-order chi connectivity index (χ0) is 65.4. The van der Waals surface area contributed by atoms with Gasteiger partial charge in [0.15, 0.2) is 0 Å². The van der Waals surface area contributed by atoms with Crippen LogP contribution >= 0.6 is 12.0 Å². The van der Waals surface area contributed by atoms with Crippen LogP contribution in [-0.4, -0.2) is 119 Å². The molecule has 41 heteroatoms. The molecule has 29 nitrogen and oxygen atoms in total. The van der Waals surface area contributed by atoms with Crippen LogP contribution in [0.4, 0.5) is 17.1 Å². The van der Waals surface area contributed by atoms with Crippen LogP contribution in [0.1, 0.15) is 1.43 Å². The van der Waals surface area contributed by atoms with Gasteiger partial charge < -0.3 is 48.8 Å². The quantitative estimate of drug-likeness (QED) is 0.0356. The summed E-state index contributed by atoms with van der Waals surface area (Å²) in [4.78, 5) is 38.9. The summed E-state index contributed by atoms with van der Waals surface area (Å²) < 4.78 is 167. The fourth-order valence-corrected chi connectivity index (χ4v) is 11.3. The molecular formula is C54H45CuN11Na4O18S7. The fourth-order valence-electron chi connectivity index (χ4n) is 8.20. The number of nitrogens with one attached hydrogen (secondary N) is 3. The van der Waals surface area contributed by atoms with Crippen LogP contribution in [0.5, 0.6) is 0 Å². The molecule has 2 aliphatic heterocycles. The molecule has 3 N–H and O–H groups in total. The molecule has 10 aromatic rings. The number of rotatable bonds is 11. The van der Waals surface area contributed by atoms with E-state index in [4.69, 9.17) is 52.8 Å². The minimum atomic E-state index is -4.57. The summed E-state index contributed by atoms with van der Waals surface area (Å²) in [6, 6.07) is 47.5. The molecule has 5 heterocycles. The molecule has 0 amide bonds. The van der Waals surface area contributed by atoms with Gasteiger partial charge in [-0.2, -0.15) is 4.33 Å². The third kappa shape index (κ3) is 25.4. The number of nitrogens with zero attached hydrogens (tertiary/aromatic N) is 8. The van der Waals surface area contributed by atoms with E-state index in [9.17, 15) is 56.5 Å². The Bertz CT molecular complexity index is 4880. The summed E-state index contributed by atoms with van der Waals surface area (Å²) in [5, 5.41) is 16.3. The van der Waals surface area contributed by atoms with Crippen LogP contribution in [0.2, 0.25) is 0 Å². The maximum atomic E-state index is 10.9. The van der Waals surface area contributed by atoms with Gasteiger partial charge in [-0.05, 0) is 76.1 Å². The van der Waals surface area contributed by atoms with E-state index in [0.717, 1.165) is 86.8 Å². The van der Waals surface area contributed by atoms with Gasteiger partial charge in [-0.3, -0.25) is 19.2 Å². The smallest absolute Gasteiger partial charge is 0.748 e. The number of hydrogen-bond donors (Lipinski definition) is 3. The first-order valence-corrected chi connectivity index (χ1v) is 36.0. The van der Waals surface area contributed by atoms with Crippen molar-refractivity contribution in [2.24, 2.45) is 0 Å². The van der Waals surface area contributed by atoms with Crippen molar-refractivity contribution in [2.75, 3.05) is 39.2 Å². The van der Waals surface area contributed by atoms with Gasteiger partial charge in [-0.25, -0.2) is 60.5 Å². The molecule has 1 radical (unpaired) electrons. The van der Waals surface area contributed by atoms with E-state index in [-0.39, 0.29) is 148 Å². The molecule has 0 atom stereocenters. The molecule has 3 aromatic heterocycles. The molecule has 12 rings (SSSR count). The number of sulfonamides is 3. The Morgan fingerprint density at radius 3 is 0.916 bits per heavy atom. The van der Waals surface area contributed by atoms with E-state index in [0.29, 0.717) is 74.8 Å². The molecule has 0 unspecified atom stereocenters. The SMILES string of the molecule is CS(=O)(=O)Nc1cccc(S(=O)(=O)[O-])c1.CS(=O)(=O)Nc1cccc(S(=O)(=O)[O-])c1.CS(=O)(=O)Nc1cccc(SOO[O-])c1.CS(=O)(=O)[O-].[Cu+2].[HH].[Na+].[Na+].[Na+].[Na+].c1ccc2c(c1)-c1nc-2nc2[n-]c(nc3nc(nc4[n-]c(n1)c1ccccc41)-c1ccccc1-3)c1ccccc21. The van der Waals surface area contributed by atoms with E-state index >= 15 is 0 Å². The molecule has 8 bridgehead atoms. The van der Waals surface area contributed by atoms with Crippen LogP contribution in [0.15, 0.2) is 185 Å². The maximum absolute atomic E-state index is 10.9.